The molecule has 8 heteroatoms. The van der Waals surface area contributed by atoms with Crippen molar-refractivity contribution < 1.29 is 24.0 Å². The van der Waals surface area contributed by atoms with Gasteiger partial charge in [0.2, 0.25) is 0 Å². The van der Waals surface area contributed by atoms with Gasteiger partial charge in [0.1, 0.15) is 11.6 Å². The van der Waals surface area contributed by atoms with Gasteiger partial charge in [0.15, 0.2) is 0 Å². The summed E-state index contributed by atoms with van der Waals surface area (Å²) in [7, 11) is -0.247. The second kappa shape index (κ2) is 11.8. The van der Waals surface area contributed by atoms with Crippen LogP contribution in [0.3, 0.4) is 0 Å². The van der Waals surface area contributed by atoms with Crippen LogP contribution in [0.1, 0.15) is 53.9 Å². The summed E-state index contributed by atoms with van der Waals surface area (Å²) in [6.45, 7) is 9.47. The number of amides is 2. The number of likely N-dealkylation sites (N-methyl/N-ethyl adjacent to an activating group) is 1. The molecular formula is C27H40N2O5Si. The molecule has 2 rings (SSSR count). The van der Waals surface area contributed by atoms with Crippen molar-refractivity contribution in [1.29, 1.82) is 0 Å². The summed E-state index contributed by atoms with van der Waals surface area (Å²) in [5.41, 5.74) is -0.680. The smallest absolute Gasteiger partial charge is 0.408 e. The molecule has 2 aromatic rings. The number of ether oxygens (including phenoxy) is 1. The Labute approximate surface area is 210 Å². The number of carbonyl (C=O) groups excluding carboxylic acids is 2. The average molecular weight is 501 g/mol. The van der Waals surface area contributed by atoms with Crippen LogP contribution in [0.25, 0.3) is 0 Å². The summed E-state index contributed by atoms with van der Waals surface area (Å²) in [5.74, 6) is -0.366. The highest BCUT2D eigenvalue weighted by Gasteiger charge is 2.49. The van der Waals surface area contributed by atoms with E-state index in [0.29, 0.717) is 19.3 Å². The number of nitrogens with one attached hydrogen (secondary N) is 1. The summed E-state index contributed by atoms with van der Waals surface area (Å²) >= 11 is 0. The number of hydrogen-bond donors (Lipinski definition) is 2. The largest absolute Gasteiger partial charge is 0.444 e. The molecule has 0 saturated carbocycles. The van der Waals surface area contributed by atoms with Gasteiger partial charge in [-0.2, -0.15) is 0 Å². The lowest BCUT2D eigenvalue weighted by molar-refractivity contribution is -0.171. The molecule has 0 aliphatic carbocycles. The standard InChI is InChI=1S/C27H40N2O5Si/c1-26(2,3)34-25(31)28-23(24(30)29(6)33-7)19-14-20-27(4,5)35(32,21-15-10-8-11-16-21)22-17-12-9-13-18-22/h8-13,15-18,23,32H,14,19-20H2,1-7H3,(H,28,31). The van der Waals surface area contributed by atoms with Gasteiger partial charge in [-0.15, -0.1) is 0 Å². The van der Waals surface area contributed by atoms with Crippen molar-refractivity contribution >= 4 is 30.7 Å². The summed E-state index contributed by atoms with van der Waals surface area (Å²) in [6, 6.07) is 18.8. The second-order valence-corrected chi connectivity index (χ2v) is 14.4. The Balaban J connectivity index is 2.25. The Kier molecular flexibility index (Phi) is 9.65. The van der Waals surface area contributed by atoms with E-state index in [1.165, 1.54) is 14.2 Å². The third-order valence-electron chi connectivity index (χ3n) is 6.23. The van der Waals surface area contributed by atoms with E-state index >= 15 is 0 Å². The lowest BCUT2D eigenvalue weighted by Gasteiger charge is -2.41. The van der Waals surface area contributed by atoms with Gasteiger partial charge in [-0.3, -0.25) is 9.63 Å². The van der Waals surface area contributed by atoms with Gasteiger partial charge in [-0.25, -0.2) is 9.86 Å². The minimum atomic E-state index is -3.15. The van der Waals surface area contributed by atoms with Crippen molar-refractivity contribution in [3.63, 3.8) is 0 Å². The van der Waals surface area contributed by atoms with E-state index in [1.807, 2.05) is 60.7 Å². The van der Waals surface area contributed by atoms with Crippen LogP contribution in [0.2, 0.25) is 5.04 Å². The van der Waals surface area contributed by atoms with E-state index in [2.05, 4.69) is 19.2 Å². The molecule has 0 saturated heterocycles. The molecule has 2 amide bonds. The van der Waals surface area contributed by atoms with Crippen LogP contribution in [0.5, 0.6) is 0 Å². The molecule has 0 aliphatic heterocycles. The number of nitrogens with zero attached hydrogens (tertiary/aromatic N) is 1. The minimum Gasteiger partial charge on any atom is -0.444 e. The van der Waals surface area contributed by atoms with Crippen molar-refractivity contribution in [2.45, 2.75) is 70.6 Å². The van der Waals surface area contributed by atoms with Gasteiger partial charge < -0.3 is 14.8 Å². The van der Waals surface area contributed by atoms with Crippen molar-refractivity contribution in [2.75, 3.05) is 14.2 Å². The number of hydroxylamine groups is 2. The number of hydrogen-bond acceptors (Lipinski definition) is 5. The average Bonchev–Trinajstić information content (AvgIpc) is 2.81. The molecule has 7 nitrogen and oxygen atoms in total. The summed E-state index contributed by atoms with van der Waals surface area (Å²) in [5, 5.41) is 5.22. The normalized spacial score (nSPS) is 13.1. The van der Waals surface area contributed by atoms with E-state index in [-0.39, 0.29) is 5.91 Å². The zero-order valence-electron chi connectivity index (χ0n) is 22.0. The molecular weight excluding hydrogens is 460 g/mol. The zero-order chi connectivity index (χ0) is 26.3. The molecule has 2 aromatic carbocycles. The van der Waals surface area contributed by atoms with Gasteiger partial charge in [-0.1, -0.05) is 80.9 Å². The third-order valence-corrected chi connectivity index (χ3v) is 10.8. The number of benzene rings is 2. The Morgan fingerprint density at radius 2 is 1.46 bits per heavy atom. The number of alkyl carbamates (subject to hydrolysis) is 1. The molecule has 35 heavy (non-hydrogen) atoms. The first-order valence-corrected chi connectivity index (χ1v) is 13.9. The van der Waals surface area contributed by atoms with Gasteiger partial charge in [0, 0.05) is 7.05 Å². The highest BCUT2D eigenvalue weighted by molar-refractivity contribution is 6.98. The fourth-order valence-electron chi connectivity index (χ4n) is 4.25. The predicted molar refractivity (Wildman–Crippen MR) is 141 cm³/mol. The van der Waals surface area contributed by atoms with Crippen LogP contribution in [0.4, 0.5) is 4.79 Å². The maximum Gasteiger partial charge on any atom is 0.408 e. The summed E-state index contributed by atoms with van der Waals surface area (Å²) in [4.78, 5) is 42.6. The maximum atomic E-state index is 12.9. The Bertz CT molecular complexity index is 921. The first-order valence-electron chi connectivity index (χ1n) is 12.0. The van der Waals surface area contributed by atoms with Crippen LogP contribution in [-0.2, 0) is 14.4 Å². The molecule has 0 spiro atoms. The quantitative estimate of drug-likeness (QED) is 0.384. The highest BCUT2D eigenvalue weighted by atomic mass is 28.4. The molecule has 1 atom stereocenters. The van der Waals surface area contributed by atoms with Gasteiger partial charge >= 0.3 is 6.09 Å². The minimum absolute atomic E-state index is 0.366. The Morgan fingerprint density at radius 1 is 0.971 bits per heavy atom. The van der Waals surface area contributed by atoms with Crippen molar-refractivity contribution in [2.24, 2.45) is 0 Å². The molecule has 1 unspecified atom stereocenters. The van der Waals surface area contributed by atoms with Crippen LogP contribution in [0, 0.1) is 0 Å². The van der Waals surface area contributed by atoms with E-state index in [4.69, 9.17) is 9.57 Å². The van der Waals surface area contributed by atoms with E-state index in [1.54, 1.807) is 20.8 Å². The van der Waals surface area contributed by atoms with Crippen molar-refractivity contribution in [1.82, 2.24) is 10.4 Å². The van der Waals surface area contributed by atoms with Gasteiger partial charge in [0.05, 0.1) is 7.11 Å². The van der Waals surface area contributed by atoms with Crippen LogP contribution in [-0.4, -0.2) is 56.0 Å². The fourth-order valence-corrected chi connectivity index (χ4v) is 8.04. The Hall–Kier alpha value is -2.68. The maximum absolute atomic E-state index is 12.9. The van der Waals surface area contributed by atoms with E-state index in [9.17, 15) is 14.4 Å². The number of carbonyl (C=O) groups is 2. The predicted octanol–water partition coefficient (Wildman–Crippen LogP) is 3.60. The van der Waals surface area contributed by atoms with E-state index < -0.39 is 31.1 Å². The molecule has 2 N–H and O–H groups in total. The lowest BCUT2D eigenvalue weighted by Crippen LogP contribution is -2.65. The van der Waals surface area contributed by atoms with E-state index in [0.717, 1.165) is 15.4 Å². The molecule has 0 fully saturated rings. The molecule has 0 aromatic heterocycles. The van der Waals surface area contributed by atoms with Gasteiger partial charge in [-0.05, 0) is 49.0 Å². The van der Waals surface area contributed by atoms with Crippen LogP contribution in [0.15, 0.2) is 60.7 Å². The lowest BCUT2D eigenvalue weighted by atomic mass is 10.0. The zero-order valence-corrected chi connectivity index (χ0v) is 23.0. The second-order valence-electron chi connectivity index (χ2n) is 10.4. The van der Waals surface area contributed by atoms with Crippen molar-refractivity contribution in [3.8, 4) is 0 Å². The Morgan fingerprint density at radius 3 is 1.89 bits per heavy atom. The first-order chi connectivity index (χ1) is 16.3. The highest BCUT2D eigenvalue weighted by Crippen LogP contribution is 2.40. The van der Waals surface area contributed by atoms with Crippen molar-refractivity contribution in [3.05, 3.63) is 60.7 Å². The summed E-state index contributed by atoms with van der Waals surface area (Å²) in [6.07, 6.45) is 0.976. The first kappa shape index (κ1) is 28.6. The summed E-state index contributed by atoms with van der Waals surface area (Å²) < 4.78 is 5.35. The number of rotatable bonds is 10. The molecule has 0 aliphatic rings. The molecule has 0 radical (unpaired) electrons. The topological polar surface area (TPSA) is 88.1 Å². The van der Waals surface area contributed by atoms with Crippen LogP contribution < -0.4 is 15.7 Å². The molecule has 0 bridgehead atoms. The fraction of sp³-hybridized carbons (Fsp3) is 0.481. The van der Waals surface area contributed by atoms with Gasteiger partial charge in [0.25, 0.3) is 14.2 Å². The van der Waals surface area contributed by atoms with Crippen LogP contribution >= 0.6 is 0 Å². The monoisotopic (exact) mass is 500 g/mol. The third kappa shape index (κ3) is 7.40. The molecule has 0 heterocycles. The molecule has 192 valence electrons. The SMILES string of the molecule is CON(C)C(=O)C(CCCC(C)(C)[Si](O)(c1ccccc1)c1ccccc1)NC(=O)OC(C)(C)C.